The van der Waals surface area contributed by atoms with E-state index in [1.54, 1.807) is 28.0 Å². The molecule has 1 fully saturated rings. The molecule has 1 atom stereocenters. The summed E-state index contributed by atoms with van der Waals surface area (Å²) in [6.07, 6.45) is 0. The first kappa shape index (κ1) is 18.0. The van der Waals surface area contributed by atoms with E-state index in [9.17, 15) is 9.59 Å². The third-order valence-electron chi connectivity index (χ3n) is 4.04. The van der Waals surface area contributed by atoms with E-state index in [0.717, 1.165) is 0 Å². The van der Waals surface area contributed by atoms with Crippen LogP contribution in [0.15, 0.2) is 18.2 Å². The van der Waals surface area contributed by atoms with Crippen molar-refractivity contribution in [2.24, 2.45) is 11.7 Å². The molecule has 0 spiro atoms. The van der Waals surface area contributed by atoms with E-state index in [0.29, 0.717) is 41.8 Å². The van der Waals surface area contributed by atoms with Gasteiger partial charge >= 0.3 is 0 Å². The van der Waals surface area contributed by atoms with E-state index in [1.165, 1.54) is 0 Å². The lowest BCUT2D eigenvalue weighted by Crippen LogP contribution is -2.55. The summed E-state index contributed by atoms with van der Waals surface area (Å²) in [7, 11) is 0. The fourth-order valence-electron chi connectivity index (χ4n) is 2.46. The second kappa shape index (κ2) is 7.51. The second-order valence-electron chi connectivity index (χ2n) is 6.01. The highest BCUT2D eigenvalue weighted by atomic mass is 35.5. The summed E-state index contributed by atoms with van der Waals surface area (Å²) in [5, 5.41) is 0.826. The number of nitrogens with two attached hydrogens (primary N) is 1. The molecule has 0 bridgehead atoms. The van der Waals surface area contributed by atoms with Crippen LogP contribution in [0.5, 0.6) is 0 Å². The van der Waals surface area contributed by atoms with Gasteiger partial charge in [0.25, 0.3) is 5.91 Å². The number of piperazine rings is 1. The van der Waals surface area contributed by atoms with Gasteiger partial charge in [0.15, 0.2) is 0 Å². The van der Waals surface area contributed by atoms with Gasteiger partial charge in [0, 0.05) is 31.2 Å². The van der Waals surface area contributed by atoms with Gasteiger partial charge in [-0.25, -0.2) is 0 Å². The number of rotatable bonds is 3. The van der Waals surface area contributed by atoms with E-state index < -0.39 is 6.04 Å². The maximum absolute atomic E-state index is 12.5. The first-order valence-corrected chi connectivity index (χ1v) is 8.35. The quantitative estimate of drug-likeness (QED) is 0.901. The normalized spacial score (nSPS) is 16.6. The Bertz CT molecular complexity index is 599. The van der Waals surface area contributed by atoms with Gasteiger partial charge in [-0.1, -0.05) is 37.0 Å². The highest BCUT2D eigenvalue weighted by Crippen LogP contribution is 2.23. The van der Waals surface area contributed by atoms with Crippen LogP contribution in [0, 0.1) is 5.92 Å². The fraction of sp³-hybridized carbons (Fsp3) is 0.500. The van der Waals surface area contributed by atoms with E-state index >= 15 is 0 Å². The van der Waals surface area contributed by atoms with Crippen LogP contribution in [0.1, 0.15) is 24.2 Å². The molecule has 2 N–H and O–H groups in total. The summed E-state index contributed by atoms with van der Waals surface area (Å²) >= 11 is 11.9. The number of carbonyl (C=O) groups excluding carboxylic acids is 2. The summed E-state index contributed by atoms with van der Waals surface area (Å²) in [5.41, 5.74) is 6.33. The van der Waals surface area contributed by atoms with Gasteiger partial charge in [-0.2, -0.15) is 0 Å². The number of amides is 2. The smallest absolute Gasteiger partial charge is 0.255 e. The van der Waals surface area contributed by atoms with Gasteiger partial charge in [0.2, 0.25) is 5.91 Å². The predicted molar refractivity (Wildman–Crippen MR) is 91.8 cm³/mol. The molecule has 2 amide bonds. The zero-order valence-electron chi connectivity index (χ0n) is 13.3. The number of hydrogen-bond donors (Lipinski definition) is 1. The molecule has 1 aliphatic rings. The lowest BCUT2D eigenvalue weighted by Gasteiger charge is -2.36. The Kier molecular flexibility index (Phi) is 5.89. The average Bonchev–Trinajstić information content (AvgIpc) is 2.53. The van der Waals surface area contributed by atoms with Crippen molar-refractivity contribution in [1.29, 1.82) is 0 Å². The van der Waals surface area contributed by atoms with Gasteiger partial charge in [-0.3, -0.25) is 9.59 Å². The molecule has 1 aliphatic heterocycles. The molecular weight excluding hydrogens is 337 g/mol. The third kappa shape index (κ3) is 4.16. The van der Waals surface area contributed by atoms with Crippen molar-refractivity contribution < 1.29 is 9.59 Å². The van der Waals surface area contributed by atoms with Crippen LogP contribution in [-0.4, -0.2) is 53.8 Å². The molecular formula is C16H21Cl2N3O2. The van der Waals surface area contributed by atoms with Crippen molar-refractivity contribution in [1.82, 2.24) is 9.80 Å². The van der Waals surface area contributed by atoms with Crippen molar-refractivity contribution in [3.8, 4) is 0 Å². The number of nitrogens with zero attached hydrogens (tertiary/aromatic N) is 2. The predicted octanol–water partition coefficient (Wildman–Crippen LogP) is 2.26. The molecule has 7 heteroatoms. The Hall–Kier alpha value is -1.30. The molecule has 1 aromatic carbocycles. The number of benzene rings is 1. The van der Waals surface area contributed by atoms with Gasteiger partial charge in [-0.05, 0) is 24.1 Å². The molecule has 0 saturated carbocycles. The van der Waals surface area contributed by atoms with Crippen LogP contribution in [0.4, 0.5) is 0 Å². The van der Waals surface area contributed by atoms with Crippen molar-refractivity contribution in [3.05, 3.63) is 33.8 Å². The molecule has 0 unspecified atom stereocenters. The van der Waals surface area contributed by atoms with E-state index in [2.05, 4.69) is 0 Å². The summed E-state index contributed by atoms with van der Waals surface area (Å²) in [6, 6.07) is 4.32. The highest BCUT2D eigenvalue weighted by Gasteiger charge is 2.29. The Labute approximate surface area is 146 Å². The zero-order valence-corrected chi connectivity index (χ0v) is 14.8. The topological polar surface area (TPSA) is 66.6 Å². The minimum atomic E-state index is -0.497. The monoisotopic (exact) mass is 357 g/mol. The largest absolute Gasteiger partial charge is 0.338 e. The van der Waals surface area contributed by atoms with Crippen LogP contribution in [0.2, 0.25) is 10.0 Å². The van der Waals surface area contributed by atoms with Gasteiger partial charge in [0.1, 0.15) is 0 Å². The third-order valence-corrected chi connectivity index (χ3v) is 4.59. The maximum atomic E-state index is 12.5. The Morgan fingerprint density at radius 2 is 1.65 bits per heavy atom. The van der Waals surface area contributed by atoms with Crippen LogP contribution in [0.25, 0.3) is 0 Å². The lowest BCUT2D eigenvalue weighted by atomic mass is 10.0. The van der Waals surface area contributed by atoms with E-state index in [1.807, 2.05) is 13.8 Å². The van der Waals surface area contributed by atoms with Crippen LogP contribution < -0.4 is 5.73 Å². The van der Waals surface area contributed by atoms with E-state index in [4.69, 9.17) is 28.9 Å². The molecule has 2 rings (SSSR count). The lowest BCUT2D eigenvalue weighted by molar-refractivity contribution is -0.135. The Balaban J connectivity index is 1.99. The first-order chi connectivity index (χ1) is 10.8. The van der Waals surface area contributed by atoms with Crippen molar-refractivity contribution >= 4 is 35.0 Å². The number of carbonyl (C=O) groups is 2. The molecule has 0 aromatic heterocycles. The molecule has 1 aromatic rings. The SMILES string of the molecule is CC(C)[C@H](N)C(=O)N1CCN(C(=O)c2ccc(Cl)cc2Cl)CC1. The minimum absolute atomic E-state index is 0.0587. The Morgan fingerprint density at radius 1 is 1.09 bits per heavy atom. The van der Waals surface area contributed by atoms with Crippen LogP contribution in [0.3, 0.4) is 0 Å². The minimum Gasteiger partial charge on any atom is -0.338 e. The molecule has 126 valence electrons. The van der Waals surface area contributed by atoms with Crippen LogP contribution >= 0.6 is 23.2 Å². The second-order valence-corrected chi connectivity index (χ2v) is 6.86. The van der Waals surface area contributed by atoms with Crippen molar-refractivity contribution in [2.75, 3.05) is 26.2 Å². The number of hydrogen-bond acceptors (Lipinski definition) is 3. The van der Waals surface area contributed by atoms with Gasteiger partial charge in [-0.15, -0.1) is 0 Å². The van der Waals surface area contributed by atoms with Crippen LogP contribution in [-0.2, 0) is 4.79 Å². The van der Waals surface area contributed by atoms with Gasteiger partial charge < -0.3 is 15.5 Å². The van der Waals surface area contributed by atoms with Crippen molar-refractivity contribution in [3.63, 3.8) is 0 Å². The molecule has 1 saturated heterocycles. The number of halogens is 2. The summed E-state index contributed by atoms with van der Waals surface area (Å²) in [5.74, 6) is -0.112. The van der Waals surface area contributed by atoms with Crippen molar-refractivity contribution in [2.45, 2.75) is 19.9 Å². The standard InChI is InChI=1S/C16H21Cl2N3O2/c1-10(2)14(19)16(23)21-7-5-20(6-8-21)15(22)12-4-3-11(17)9-13(12)18/h3-4,9-10,14H,5-8,19H2,1-2H3/t14-/m0/s1. The summed E-state index contributed by atoms with van der Waals surface area (Å²) in [6.45, 7) is 5.74. The fourth-order valence-corrected chi connectivity index (χ4v) is 2.95. The Morgan fingerprint density at radius 3 is 2.17 bits per heavy atom. The zero-order chi connectivity index (χ0) is 17.1. The van der Waals surface area contributed by atoms with Gasteiger partial charge in [0.05, 0.1) is 16.6 Å². The maximum Gasteiger partial charge on any atom is 0.255 e. The summed E-state index contributed by atoms with van der Waals surface area (Å²) in [4.78, 5) is 28.2. The highest BCUT2D eigenvalue weighted by molar-refractivity contribution is 6.36. The van der Waals surface area contributed by atoms with E-state index in [-0.39, 0.29) is 17.7 Å². The molecule has 23 heavy (non-hydrogen) atoms. The molecule has 0 radical (unpaired) electrons. The first-order valence-electron chi connectivity index (χ1n) is 7.60. The molecule has 1 heterocycles. The average molecular weight is 358 g/mol. The molecule has 0 aliphatic carbocycles. The summed E-state index contributed by atoms with van der Waals surface area (Å²) < 4.78 is 0. The molecule has 5 nitrogen and oxygen atoms in total.